The van der Waals surface area contributed by atoms with Crippen LogP contribution >= 0.6 is 0 Å². The molecule has 0 bridgehead atoms. The standard InChI is InChI=1S/C25H38N2O2S/c1-18(2)21-16-23(19(3)4)25(24(17-21)20(5)6)30(28,29)26-14-11-15-27(7)22-12-9-8-10-13-22/h8-10,12-13,16-20,26H,11,14-15H2,1-7H3. The summed E-state index contributed by atoms with van der Waals surface area (Å²) >= 11 is 0. The fourth-order valence-corrected chi connectivity index (χ4v) is 5.37. The molecule has 0 saturated carbocycles. The Hall–Kier alpha value is -1.85. The van der Waals surface area contributed by atoms with Gasteiger partial charge in [0, 0.05) is 25.8 Å². The molecule has 0 amide bonds. The van der Waals surface area contributed by atoms with Gasteiger partial charge in [-0.15, -0.1) is 0 Å². The van der Waals surface area contributed by atoms with Crippen molar-refractivity contribution in [1.29, 1.82) is 0 Å². The van der Waals surface area contributed by atoms with Gasteiger partial charge in [0.05, 0.1) is 4.90 Å². The van der Waals surface area contributed by atoms with Crippen molar-refractivity contribution in [3.05, 3.63) is 59.2 Å². The zero-order chi connectivity index (χ0) is 22.5. The van der Waals surface area contributed by atoms with Gasteiger partial charge in [-0.1, -0.05) is 71.9 Å². The van der Waals surface area contributed by atoms with Gasteiger partial charge in [0.15, 0.2) is 0 Å². The first-order valence-electron chi connectivity index (χ1n) is 11.0. The number of rotatable bonds is 10. The summed E-state index contributed by atoms with van der Waals surface area (Å²) in [5, 5.41) is 0. The van der Waals surface area contributed by atoms with Crippen LogP contribution in [0.4, 0.5) is 5.69 Å². The number of anilines is 1. The highest BCUT2D eigenvalue weighted by atomic mass is 32.2. The maximum absolute atomic E-state index is 13.4. The van der Waals surface area contributed by atoms with Gasteiger partial charge >= 0.3 is 0 Å². The molecule has 0 aliphatic carbocycles. The minimum Gasteiger partial charge on any atom is -0.375 e. The van der Waals surface area contributed by atoms with Crippen molar-refractivity contribution in [3.63, 3.8) is 0 Å². The molecule has 2 aromatic carbocycles. The lowest BCUT2D eigenvalue weighted by molar-refractivity contribution is 0.573. The molecule has 0 aliphatic rings. The summed E-state index contributed by atoms with van der Waals surface area (Å²) in [5.41, 5.74) is 4.16. The van der Waals surface area contributed by atoms with Gasteiger partial charge in [-0.3, -0.25) is 0 Å². The van der Waals surface area contributed by atoms with Crippen molar-refractivity contribution in [3.8, 4) is 0 Å². The quantitative estimate of drug-likeness (QED) is 0.480. The first-order chi connectivity index (χ1) is 14.0. The molecular formula is C25H38N2O2S. The Kier molecular flexibility index (Phi) is 8.51. The monoisotopic (exact) mass is 430 g/mol. The summed E-state index contributed by atoms with van der Waals surface area (Å²) in [6.45, 7) is 13.8. The van der Waals surface area contributed by atoms with E-state index >= 15 is 0 Å². The van der Waals surface area contributed by atoms with Crippen LogP contribution in [0.5, 0.6) is 0 Å². The van der Waals surface area contributed by atoms with Crippen molar-refractivity contribution in [2.24, 2.45) is 0 Å². The zero-order valence-corrected chi connectivity index (χ0v) is 20.4. The summed E-state index contributed by atoms with van der Waals surface area (Å²) in [4.78, 5) is 2.62. The fraction of sp³-hybridized carbons (Fsp3) is 0.520. The van der Waals surface area contributed by atoms with E-state index in [1.165, 1.54) is 5.56 Å². The number of hydrogen-bond donors (Lipinski definition) is 1. The van der Waals surface area contributed by atoms with Gasteiger partial charge in [-0.05, 0) is 53.0 Å². The SMILES string of the molecule is CC(C)c1cc(C(C)C)c(S(=O)(=O)NCCCN(C)c2ccccc2)c(C(C)C)c1. The Bertz CT molecular complexity index is 890. The predicted octanol–water partition coefficient (Wildman–Crippen LogP) is 5.86. The van der Waals surface area contributed by atoms with Gasteiger partial charge in [0.1, 0.15) is 0 Å². The molecule has 0 spiro atoms. The molecule has 4 nitrogen and oxygen atoms in total. The summed E-state index contributed by atoms with van der Waals surface area (Å²) < 4.78 is 29.6. The molecule has 0 fully saturated rings. The number of sulfonamides is 1. The van der Waals surface area contributed by atoms with Crippen LogP contribution in [-0.4, -0.2) is 28.6 Å². The average molecular weight is 431 g/mol. The molecular weight excluding hydrogens is 392 g/mol. The predicted molar refractivity (Wildman–Crippen MR) is 128 cm³/mol. The number of benzene rings is 2. The molecule has 5 heteroatoms. The lowest BCUT2D eigenvalue weighted by atomic mass is 9.89. The Labute approximate surface area is 183 Å². The molecule has 0 heterocycles. The third-order valence-corrected chi connectivity index (χ3v) is 7.10. The van der Waals surface area contributed by atoms with E-state index in [1.54, 1.807) is 0 Å². The first-order valence-corrected chi connectivity index (χ1v) is 12.5. The lowest BCUT2D eigenvalue weighted by Gasteiger charge is -2.23. The molecule has 0 radical (unpaired) electrons. The maximum Gasteiger partial charge on any atom is 0.241 e. The second kappa shape index (κ2) is 10.5. The molecule has 166 valence electrons. The van der Waals surface area contributed by atoms with Crippen molar-refractivity contribution in [2.75, 3.05) is 25.0 Å². The van der Waals surface area contributed by atoms with Gasteiger partial charge in [0.2, 0.25) is 10.0 Å². The molecule has 2 aromatic rings. The van der Waals surface area contributed by atoms with Crippen LogP contribution in [0, 0.1) is 0 Å². The molecule has 30 heavy (non-hydrogen) atoms. The molecule has 0 saturated heterocycles. The molecule has 2 rings (SSSR count). The van der Waals surface area contributed by atoms with Crippen molar-refractivity contribution >= 4 is 15.7 Å². The molecule has 0 unspecified atom stereocenters. The summed E-state index contributed by atoms with van der Waals surface area (Å²) in [6.07, 6.45) is 0.739. The van der Waals surface area contributed by atoms with Crippen LogP contribution in [0.15, 0.2) is 47.4 Å². The van der Waals surface area contributed by atoms with Gasteiger partial charge < -0.3 is 4.90 Å². The van der Waals surface area contributed by atoms with E-state index in [4.69, 9.17) is 0 Å². The lowest BCUT2D eigenvalue weighted by Crippen LogP contribution is -2.30. The number of hydrogen-bond acceptors (Lipinski definition) is 3. The number of nitrogens with zero attached hydrogens (tertiary/aromatic N) is 1. The van der Waals surface area contributed by atoms with Crippen molar-refractivity contribution in [1.82, 2.24) is 4.72 Å². The smallest absolute Gasteiger partial charge is 0.241 e. The highest BCUT2D eigenvalue weighted by Crippen LogP contribution is 2.35. The van der Waals surface area contributed by atoms with E-state index < -0.39 is 10.0 Å². The van der Waals surface area contributed by atoms with Crippen LogP contribution in [0.2, 0.25) is 0 Å². The molecule has 0 aromatic heterocycles. The normalized spacial score (nSPS) is 12.2. The second-order valence-electron chi connectivity index (χ2n) is 9.00. The Morgan fingerprint density at radius 3 is 1.87 bits per heavy atom. The Balaban J connectivity index is 2.21. The summed E-state index contributed by atoms with van der Waals surface area (Å²) in [7, 11) is -1.56. The first kappa shape index (κ1) is 24.4. The van der Waals surface area contributed by atoms with Crippen LogP contribution < -0.4 is 9.62 Å². The van der Waals surface area contributed by atoms with E-state index in [0.29, 0.717) is 17.4 Å². The zero-order valence-electron chi connectivity index (χ0n) is 19.6. The molecule has 0 aliphatic heterocycles. The summed E-state index contributed by atoms with van der Waals surface area (Å²) in [6, 6.07) is 14.3. The van der Waals surface area contributed by atoms with E-state index in [9.17, 15) is 8.42 Å². The van der Waals surface area contributed by atoms with Gasteiger partial charge in [0.25, 0.3) is 0 Å². The average Bonchev–Trinajstić information content (AvgIpc) is 2.70. The minimum absolute atomic E-state index is 0.136. The largest absolute Gasteiger partial charge is 0.375 e. The van der Waals surface area contributed by atoms with E-state index in [1.807, 2.05) is 25.2 Å². The van der Waals surface area contributed by atoms with E-state index in [0.717, 1.165) is 29.8 Å². The van der Waals surface area contributed by atoms with Crippen molar-refractivity contribution < 1.29 is 8.42 Å². The summed E-state index contributed by atoms with van der Waals surface area (Å²) in [5.74, 6) is 0.632. The fourth-order valence-electron chi connectivity index (χ4n) is 3.61. The minimum atomic E-state index is -3.59. The third kappa shape index (κ3) is 6.08. The van der Waals surface area contributed by atoms with Gasteiger partial charge in [-0.2, -0.15) is 0 Å². The van der Waals surface area contributed by atoms with Crippen LogP contribution in [0.25, 0.3) is 0 Å². The Morgan fingerprint density at radius 1 is 0.867 bits per heavy atom. The Morgan fingerprint density at radius 2 is 1.40 bits per heavy atom. The van der Waals surface area contributed by atoms with E-state index in [2.05, 4.69) is 75.4 Å². The number of nitrogens with one attached hydrogen (secondary N) is 1. The van der Waals surface area contributed by atoms with Crippen LogP contribution in [0.3, 0.4) is 0 Å². The third-order valence-electron chi connectivity index (χ3n) is 5.51. The highest BCUT2D eigenvalue weighted by Gasteiger charge is 2.26. The van der Waals surface area contributed by atoms with Gasteiger partial charge in [-0.25, -0.2) is 13.1 Å². The molecule has 0 atom stereocenters. The highest BCUT2D eigenvalue weighted by molar-refractivity contribution is 7.89. The van der Waals surface area contributed by atoms with Crippen LogP contribution in [0.1, 0.15) is 82.4 Å². The van der Waals surface area contributed by atoms with Crippen LogP contribution in [-0.2, 0) is 10.0 Å². The van der Waals surface area contributed by atoms with Crippen molar-refractivity contribution in [2.45, 2.75) is 70.6 Å². The topological polar surface area (TPSA) is 49.4 Å². The second-order valence-corrected chi connectivity index (χ2v) is 10.7. The maximum atomic E-state index is 13.4. The van der Waals surface area contributed by atoms with E-state index in [-0.39, 0.29) is 11.8 Å². The number of para-hydroxylation sites is 1. The molecule has 1 N–H and O–H groups in total.